The van der Waals surface area contributed by atoms with Gasteiger partial charge in [0.1, 0.15) is 0 Å². The van der Waals surface area contributed by atoms with Crippen molar-refractivity contribution in [3.8, 4) is 0 Å². The molecule has 1 atom stereocenters. The lowest BCUT2D eigenvalue weighted by Crippen LogP contribution is -2.18. The van der Waals surface area contributed by atoms with Gasteiger partial charge in [-0.1, -0.05) is 22.6 Å². The van der Waals surface area contributed by atoms with Gasteiger partial charge in [-0.25, -0.2) is 0 Å². The maximum Gasteiger partial charge on any atom is 0.228 e. The minimum atomic E-state index is 0.100. The van der Waals surface area contributed by atoms with E-state index in [1.807, 2.05) is 6.92 Å². The van der Waals surface area contributed by atoms with Crippen molar-refractivity contribution in [3.63, 3.8) is 0 Å². The molecule has 4 nitrogen and oxygen atoms in total. The maximum atomic E-state index is 5.59. The van der Waals surface area contributed by atoms with Crippen LogP contribution in [0.2, 0.25) is 10.6 Å². The second-order valence-electron chi connectivity index (χ2n) is 2.40. The van der Waals surface area contributed by atoms with Crippen molar-refractivity contribution in [2.24, 2.45) is 0 Å². The Hall–Kier alpha value is 0.120. The normalized spacial score (nSPS) is 12.6. The number of halogens is 3. The topological polar surface area (TPSA) is 50.7 Å². The summed E-state index contributed by atoms with van der Waals surface area (Å²) in [5.41, 5.74) is 0. The van der Waals surface area contributed by atoms with Crippen LogP contribution >= 0.6 is 45.8 Å². The Morgan fingerprint density at radius 2 is 1.85 bits per heavy atom. The molecule has 72 valence electrons. The van der Waals surface area contributed by atoms with Gasteiger partial charge in [-0.2, -0.15) is 15.0 Å². The summed E-state index contributed by atoms with van der Waals surface area (Å²) in [6.07, 6.45) is 0. The van der Waals surface area contributed by atoms with Gasteiger partial charge in [0.15, 0.2) is 0 Å². The Kier molecular flexibility index (Phi) is 4.40. The van der Waals surface area contributed by atoms with Gasteiger partial charge in [-0.15, -0.1) is 0 Å². The van der Waals surface area contributed by atoms with Gasteiger partial charge in [0.2, 0.25) is 16.5 Å². The summed E-state index contributed by atoms with van der Waals surface area (Å²) in [5, 5.41) is 3.23. The third-order valence-corrected chi connectivity index (χ3v) is 2.85. The Labute approximate surface area is 99.6 Å². The second-order valence-corrected chi connectivity index (χ2v) is 3.95. The zero-order valence-corrected chi connectivity index (χ0v) is 10.4. The van der Waals surface area contributed by atoms with Crippen LogP contribution in [0.15, 0.2) is 0 Å². The van der Waals surface area contributed by atoms with E-state index in [-0.39, 0.29) is 16.6 Å². The standard InChI is InChI=1S/C6H7Cl2IN4/c1-3(2-9)10-6-12-4(7)11-5(8)13-6/h3H,2H2,1H3,(H,10,11,12,13). The molecule has 1 heterocycles. The molecule has 0 aliphatic heterocycles. The molecule has 1 aromatic rings. The van der Waals surface area contributed by atoms with E-state index < -0.39 is 0 Å². The zero-order valence-electron chi connectivity index (χ0n) is 6.76. The number of alkyl halides is 1. The summed E-state index contributed by atoms with van der Waals surface area (Å²) in [4.78, 5) is 11.4. The van der Waals surface area contributed by atoms with Gasteiger partial charge >= 0.3 is 0 Å². The Morgan fingerprint density at radius 1 is 1.31 bits per heavy atom. The van der Waals surface area contributed by atoms with Crippen molar-refractivity contribution >= 4 is 51.7 Å². The first-order valence-electron chi connectivity index (χ1n) is 3.51. The molecule has 1 aromatic heterocycles. The van der Waals surface area contributed by atoms with Crippen LogP contribution in [0.25, 0.3) is 0 Å². The van der Waals surface area contributed by atoms with Crippen LogP contribution in [0.4, 0.5) is 5.95 Å². The average molecular weight is 333 g/mol. The Bertz CT molecular complexity index is 276. The van der Waals surface area contributed by atoms with Crippen molar-refractivity contribution in [1.82, 2.24) is 15.0 Å². The van der Waals surface area contributed by atoms with Gasteiger partial charge < -0.3 is 5.32 Å². The molecule has 0 aliphatic rings. The molecule has 0 saturated heterocycles. The maximum absolute atomic E-state index is 5.59. The summed E-state index contributed by atoms with van der Waals surface area (Å²) >= 11 is 13.4. The van der Waals surface area contributed by atoms with Crippen LogP contribution in [-0.2, 0) is 0 Å². The van der Waals surface area contributed by atoms with Crippen molar-refractivity contribution in [1.29, 1.82) is 0 Å². The molecule has 0 aromatic carbocycles. The molecular formula is C6H7Cl2IN4. The second kappa shape index (κ2) is 5.11. The predicted octanol–water partition coefficient (Wildman–Crippen LogP) is 2.41. The van der Waals surface area contributed by atoms with Crippen LogP contribution in [-0.4, -0.2) is 25.4 Å². The van der Waals surface area contributed by atoms with Crippen molar-refractivity contribution in [2.75, 3.05) is 9.74 Å². The Morgan fingerprint density at radius 3 is 2.31 bits per heavy atom. The third-order valence-electron chi connectivity index (χ3n) is 1.19. The van der Waals surface area contributed by atoms with E-state index in [1.165, 1.54) is 0 Å². The van der Waals surface area contributed by atoms with Crippen LogP contribution in [0.5, 0.6) is 0 Å². The minimum Gasteiger partial charge on any atom is -0.351 e. The zero-order chi connectivity index (χ0) is 9.84. The number of nitrogens with zero attached hydrogens (tertiary/aromatic N) is 3. The summed E-state index contributed by atoms with van der Waals surface area (Å²) in [5.74, 6) is 0.411. The highest BCUT2D eigenvalue weighted by Gasteiger charge is 2.05. The molecule has 7 heteroatoms. The number of nitrogens with one attached hydrogen (secondary N) is 1. The number of hydrogen-bond acceptors (Lipinski definition) is 4. The highest BCUT2D eigenvalue weighted by atomic mass is 127. The first-order chi connectivity index (χ1) is 6.11. The molecule has 0 amide bonds. The number of rotatable bonds is 3. The summed E-state index contributed by atoms with van der Waals surface area (Å²) < 4.78 is 0.943. The third kappa shape index (κ3) is 3.78. The fraction of sp³-hybridized carbons (Fsp3) is 0.500. The number of anilines is 1. The molecule has 0 aliphatic carbocycles. The van der Waals surface area contributed by atoms with E-state index in [0.717, 1.165) is 4.43 Å². The molecule has 0 bridgehead atoms. The highest BCUT2D eigenvalue weighted by Crippen LogP contribution is 2.10. The van der Waals surface area contributed by atoms with Crippen LogP contribution in [0.3, 0.4) is 0 Å². The first-order valence-corrected chi connectivity index (χ1v) is 5.79. The van der Waals surface area contributed by atoms with Gasteiger partial charge in [-0.3, -0.25) is 0 Å². The SMILES string of the molecule is CC(CI)Nc1nc(Cl)nc(Cl)n1. The van der Waals surface area contributed by atoms with Crippen LogP contribution < -0.4 is 5.32 Å². The highest BCUT2D eigenvalue weighted by molar-refractivity contribution is 14.1. The van der Waals surface area contributed by atoms with Gasteiger partial charge in [0.05, 0.1) is 0 Å². The van der Waals surface area contributed by atoms with E-state index in [0.29, 0.717) is 5.95 Å². The fourth-order valence-corrected chi connectivity index (χ4v) is 1.23. The predicted molar refractivity (Wildman–Crippen MR) is 61.8 cm³/mol. The smallest absolute Gasteiger partial charge is 0.228 e. The van der Waals surface area contributed by atoms with E-state index in [2.05, 4.69) is 42.9 Å². The van der Waals surface area contributed by atoms with Crippen molar-refractivity contribution in [2.45, 2.75) is 13.0 Å². The van der Waals surface area contributed by atoms with Crippen LogP contribution in [0.1, 0.15) is 6.92 Å². The number of hydrogen-bond donors (Lipinski definition) is 1. The van der Waals surface area contributed by atoms with Gasteiger partial charge in [0.25, 0.3) is 0 Å². The largest absolute Gasteiger partial charge is 0.351 e. The molecule has 0 spiro atoms. The summed E-state index contributed by atoms with van der Waals surface area (Å²) in [6.45, 7) is 2.01. The van der Waals surface area contributed by atoms with Crippen molar-refractivity contribution in [3.05, 3.63) is 10.6 Å². The van der Waals surface area contributed by atoms with E-state index in [1.54, 1.807) is 0 Å². The lowest BCUT2D eigenvalue weighted by molar-refractivity contribution is 0.888. The molecule has 1 N–H and O–H groups in total. The number of aromatic nitrogens is 3. The van der Waals surface area contributed by atoms with E-state index in [4.69, 9.17) is 23.2 Å². The lowest BCUT2D eigenvalue weighted by Gasteiger charge is -2.09. The monoisotopic (exact) mass is 332 g/mol. The molecule has 0 fully saturated rings. The van der Waals surface area contributed by atoms with E-state index >= 15 is 0 Å². The molecular weight excluding hydrogens is 326 g/mol. The van der Waals surface area contributed by atoms with Crippen molar-refractivity contribution < 1.29 is 0 Å². The minimum absolute atomic E-state index is 0.100. The lowest BCUT2D eigenvalue weighted by atomic mass is 10.4. The molecule has 13 heavy (non-hydrogen) atoms. The average Bonchev–Trinajstić information content (AvgIpc) is 2.02. The Balaban J connectivity index is 2.77. The fourth-order valence-electron chi connectivity index (χ4n) is 0.649. The summed E-state index contributed by atoms with van der Waals surface area (Å²) in [6, 6.07) is 0.273. The molecule has 0 saturated carbocycles. The molecule has 1 rings (SSSR count). The quantitative estimate of drug-likeness (QED) is 0.682. The van der Waals surface area contributed by atoms with Gasteiger partial charge in [0, 0.05) is 10.5 Å². The van der Waals surface area contributed by atoms with E-state index in [9.17, 15) is 0 Å². The van der Waals surface area contributed by atoms with Gasteiger partial charge in [-0.05, 0) is 30.1 Å². The first kappa shape index (κ1) is 11.2. The summed E-state index contributed by atoms with van der Waals surface area (Å²) in [7, 11) is 0. The van der Waals surface area contributed by atoms with Crippen LogP contribution in [0, 0.1) is 0 Å². The molecule has 1 unspecified atom stereocenters. The molecule has 0 radical (unpaired) electrons.